The molecule has 0 spiro atoms. The van der Waals surface area contributed by atoms with Crippen molar-refractivity contribution >= 4 is 22.7 Å². The van der Waals surface area contributed by atoms with E-state index in [1.165, 1.54) is 6.92 Å². The van der Waals surface area contributed by atoms with Crippen molar-refractivity contribution in [1.82, 2.24) is 0 Å². The number of rotatable bonds is 7. The summed E-state index contributed by atoms with van der Waals surface area (Å²) in [6.45, 7) is 3.67. The van der Waals surface area contributed by atoms with Crippen LogP contribution in [0.2, 0.25) is 0 Å². The summed E-state index contributed by atoms with van der Waals surface area (Å²) in [4.78, 5) is 22.8. The molecule has 0 saturated heterocycles. The van der Waals surface area contributed by atoms with Crippen molar-refractivity contribution in [3.63, 3.8) is 0 Å². The van der Waals surface area contributed by atoms with Crippen LogP contribution in [0, 0.1) is 0 Å². The van der Waals surface area contributed by atoms with Crippen molar-refractivity contribution < 1.29 is 23.8 Å². The minimum Gasteiger partial charge on any atom is -0.497 e. The van der Waals surface area contributed by atoms with Crippen molar-refractivity contribution in [1.29, 1.82) is 0 Å². The molecule has 0 amide bonds. The molecule has 1 atom stereocenters. The number of hydrogen-bond donors (Lipinski definition) is 0. The molecule has 0 heterocycles. The van der Waals surface area contributed by atoms with Crippen LogP contribution < -0.4 is 4.74 Å². The molecule has 0 bridgehead atoms. The molecule has 2 rings (SSSR count). The predicted molar refractivity (Wildman–Crippen MR) is 91.1 cm³/mol. The lowest BCUT2D eigenvalue weighted by molar-refractivity contribution is -0.146. The second-order valence-corrected chi connectivity index (χ2v) is 5.56. The SMILES string of the molecule is COc1ccc2cc(C(C)C(=O)OCCCOC(C)=O)ccc2c1. The molecule has 128 valence electrons. The third-order valence-electron chi connectivity index (χ3n) is 3.76. The summed E-state index contributed by atoms with van der Waals surface area (Å²) in [6.07, 6.45) is 0.496. The van der Waals surface area contributed by atoms with Gasteiger partial charge in [0.25, 0.3) is 0 Å². The highest BCUT2D eigenvalue weighted by Crippen LogP contribution is 2.25. The minimum absolute atomic E-state index is 0.237. The van der Waals surface area contributed by atoms with E-state index in [1.807, 2.05) is 43.3 Å². The van der Waals surface area contributed by atoms with Gasteiger partial charge in [-0.3, -0.25) is 9.59 Å². The van der Waals surface area contributed by atoms with Crippen LogP contribution in [0.3, 0.4) is 0 Å². The Morgan fingerprint density at radius 1 is 1.00 bits per heavy atom. The number of methoxy groups -OCH3 is 1. The normalized spacial score (nSPS) is 11.8. The zero-order valence-corrected chi connectivity index (χ0v) is 14.2. The van der Waals surface area contributed by atoms with Crippen molar-refractivity contribution in [3.05, 3.63) is 42.0 Å². The Kier molecular flexibility index (Phi) is 6.18. The third-order valence-corrected chi connectivity index (χ3v) is 3.76. The van der Waals surface area contributed by atoms with E-state index < -0.39 is 0 Å². The van der Waals surface area contributed by atoms with Crippen LogP contribution in [-0.4, -0.2) is 32.3 Å². The smallest absolute Gasteiger partial charge is 0.313 e. The Labute approximate surface area is 141 Å². The van der Waals surface area contributed by atoms with Crippen molar-refractivity contribution in [3.8, 4) is 5.75 Å². The van der Waals surface area contributed by atoms with Crippen LogP contribution in [0.25, 0.3) is 10.8 Å². The number of esters is 2. The molecule has 2 aromatic rings. The van der Waals surface area contributed by atoms with Gasteiger partial charge >= 0.3 is 11.9 Å². The lowest BCUT2D eigenvalue weighted by Crippen LogP contribution is -2.15. The lowest BCUT2D eigenvalue weighted by Gasteiger charge is -2.13. The first-order valence-electron chi connectivity index (χ1n) is 7.89. The molecule has 0 radical (unpaired) electrons. The van der Waals surface area contributed by atoms with E-state index in [0.717, 1.165) is 22.1 Å². The molecule has 2 aromatic carbocycles. The molecule has 0 saturated carbocycles. The fourth-order valence-corrected chi connectivity index (χ4v) is 2.35. The highest BCUT2D eigenvalue weighted by atomic mass is 16.5. The number of carbonyl (C=O) groups excluding carboxylic acids is 2. The van der Waals surface area contributed by atoms with Gasteiger partial charge in [0.05, 0.1) is 26.2 Å². The average Bonchev–Trinajstić information content (AvgIpc) is 2.59. The maximum absolute atomic E-state index is 12.1. The quantitative estimate of drug-likeness (QED) is 0.575. The Morgan fingerprint density at radius 2 is 1.67 bits per heavy atom. The Bertz CT molecular complexity index is 723. The fraction of sp³-hybridized carbons (Fsp3) is 0.368. The summed E-state index contributed by atoms with van der Waals surface area (Å²) in [6, 6.07) is 11.7. The fourth-order valence-electron chi connectivity index (χ4n) is 2.35. The summed E-state index contributed by atoms with van der Waals surface area (Å²) < 4.78 is 15.2. The standard InChI is InChI=1S/C19H22O5/c1-13(19(21)24-10-4-9-23-14(2)20)15-5-6-17-12-18(22-3)8-7-16(17)11-15/h5-8,11-13H,4,9-10H2,1-3H3. The van der Waals surface area contributed by atoms with Crippen LogP contribution in [0.5, 0.6) is 5.75 Å². The molecule has 0 N–H and O–H groups in total. The molecule has 24 heavy (non-hydrogen) atoms. The van der Waals surface area contributed by atoms with Crippen LogP contribution in [0.1, 0.15) is 31.7 Å². The lowest BCUT2D eigenvalue weighted by atomic mass is 9.98. The van der Waals surface area contributed by atoms with E-state index in [1.54, 1.807) is 7.11 Å². The molecular formula is C19H22O5. The number of hydrogen-bond acceptors (Lipinski definition) is 5. The van der Waals surface area contributed by atoms with E-state index in [4.69, 9.17) is 14.2 Å². The van der Waals surface area contributed by atoms with Crippen LogP contribution in [0.15, 0.2) is 36.4 Å². The van der Waals surface area contributed by atoms with Gasteiger partial charge in [-0.05, 0) is 35.4 Å². The Hall–Kier alpha value is -2.56. The number of ether oxygens (including phenoxy) is 3. The molecule has 0 aliphatic rings. The monoisotopic (exact) mass is 330 g/mol. The Morgan fingerprint density at radius 3 is 2.38 bits per heavy atom. The zero-order valence-electron chi connectivity index (χ0n) is 14.2. The largest absolute Gasteiger partial charge is 0.497 e. The highest BCUT2D eigenvalue weighted by Gasteiger charge is 2.17. The van der Waals surface area contributed by atoms with Crippen molar-refractivity contribution in [2.24, 2.45) is 0 Å². The summed E-state index contributed by atoms with van der Waals surface area (Å²) in [5, 5.41) is 2.10. The predicted octanol–water partition coefficient (Wildman–Crippen LogP) is 3.45. The van der Waals surface area contributed by atoms with Crippen LogP contribution in [0.4, 0.5) is 0 Å². The number of benzene rings is 2. The first kappa shape index (κ1) is 17.8. The topological polar surface area (TPSA) is 61.8 Å². The van der Waals surface area contributed by atoms with Crippen LogP contribution >= 0.6 is 0 Å². The van der Waals surface area contributed by atoms with E-state index >= 15 is 0 Å². The van der Waals surface area contributed by atoms with Gasteiger partial charge in [0.15, 0.2) is 0 Å². The first-order chi connectivity index (χ1) is 11.5. The molecule has 0 aliphatic heterocycles. The van der Waals surface area contributed by atoms with E-state index in [2.05, 4.69) is 0 Å². The zero-order chi connectivity index (χ0) is 17.5. The molecule has 1 unspecified atom stereocenters. The summed E-state index contributed by atoms with van der Waals surface area (Å²) in [5.74, 6) is -0.172. The van der Waals surface area contributed by atoms with E-state index in [0.29, 0.717) is 6.42 Å². The average molecular weight is 330 g/mol. The highest BCUT2D eigenvalue weighted by molar-refractivity contribution is 5.86. The van der Waals surface area contributed by atoms with Gasteiger partial charge in [-0.25, -0.2) is 0 Å². The van der Waals surface area contributed by atoms with E-state index in [-0.39, 0.29) is 31.1 Å². The van der Waals surface area contributed by atoms with Crippen LogP contribution in [-0.2, 0) is 19.1 Å². The summed E-state index contributed by atoms with van der Waals surface area (Å²) in [5.41, 5.74) is 0.901. The molecular weight excluding hydrogens is 308 g/mol. The Balaban J connectivity index is 1.95. The maximum atomic E-state index is 12.1. The van der Waals surface area contributed by atoms with Crippen molar-refractivity contribution in [2.45, 2.75) is 26.2 Å². The van der Waals surface area contributed by atoms with Gasteiger partial charge < -0.3 is 14.2 Å². The van der Waals surface area contributed by atoms with Gasteiger partial charge in [-0.1, -0.05) is 24.3 Å². The van der Waals surface area contributed by atoms with Gasteiger partial charge in [0.1, 0.15) is 5.75 Å². The number of carbonyl (C=O) groups is 2. The number of fused-ring (bicyclic) bond motifs is 1. The molecule has 0 aromatic heterocycles. The van der Waals surface area contributed by atoms with E-state index in [9.17, 15) is 9.59 Å². The second-order valence-electron chi connectivity index (χ2n) is 5.56. The van der Waals surface area contributed by atoms with Gasteiger partial charge in [-0.2, -0.15) is 0 Å². The molecule has 0 fully saturated rings. The third kappa shape index (κ3) is 4.72. The van der Waals surface area contributed by atoms with Crippen molar-refractivity contribution in [2.75, 3.05) is 20.3 Å². The molecule has 5 nitrogen and oxygen atoms in total. The second kappa shape index (κ2) is 8.34. The first-order valence-corrected chi connectivity index (χ1v) is 7.89. The minimum atomic E-state index is -0.356. The van der Waals surface area contributed by atoms with Gasteiger partial charge in [0, 0.05) is 13.3 Å². The maximum Gasteiger partial charge on any atom is 0.313 e. The summed E-state index contributed by atoms with van der Waals surface area (Å²) >= 11 is 0. The molecule has 5 heteroatoms. The summed E-state index contributed by atoms with van der Waals surface area (Å²) in [7, 11) is 1.63. The van der Waals surface area contributed by atoms with Gasteiger partial charge in [-0.15, -0.1) is 0 Å². The van der Waals surface area contributed by atoms with Gasteiger partial charge in [0.2, 0.25) is 0 Å². The molecule has 0 aliphatic carbocycles.